The summed E-state index contributed by atoms with van der Waals surface area (Å²) in [5.41, 5.74) is 3.94. The van der Waals surface area contributed by atoms with Gasteiger partial charge in [-0.25, -0.2) is 0 Å². The van der Waals surface area contributed by atoms with Crippen LogP contribution in [0.2, 0.25) is 5.02 Å². The van der Waals surface area contributed by atoms with Gasteiger partial charge in [-0.2, -0.15) is 0 Å². The van der Waals surface area contributed by atoms with Crippen molar-refractivity contribution < 1.29 is 9.53 Å². The summed E-state index contributed by atoms with van der Waals surface area (Å²) in [6.45, 7) is 7.61. The summed E-state index contributed by atoms with van der Waals surface area (Å²) in [6.07, 6.45) is 0. The molecule has 3 heteroatoms. The molecule has 0 aromatic heterocycles. The Hall–Kier alpha value is -1.80. The van der Waals surface area contributed by atoms with Crippen LogP contribution >= 0.6 is 11.6 Å². The van der Waals surface area contributed by atoms with E-state index < -0.39 is 0 Å². The Balaban J connectivity index is 2.36. The minimum atomic E-state index is -0.0517. The summed E-state index contributed by atoms with van der Waals surface area (Å²) < 4.78 is 5.89. The Kier molecular flexibility index (Phi) is 4.15. The first kappa shape index (κ1) is 14.6. The maximum Gasteiger partial charge on any atom is 0.161 e. The number of carbonyl (C=O) groups is 1. The van der Waals surface area contributed by atoms with E-state index in [1.807, 2.05) is 19.9 Å². The molecule has 0 unspecified atom stereocenters. The van der Waals surface area contributed by atoms with Crippen LogP contribution in [0, 0.1) is 20.8 Å². The molecule has 0 N–H and O–H groups in total. The molecule has 0 heterocycles. The van der Waals surface area contributed by atoms with Crippen molar-refractivity contribution in [2.75, 3.05) is 0 Å². The molecule has 104 valence electrons. The van der Waals surface area contributed by atoms with Gasteiger partial charge in [0.25, 0.3) is 0 Å². The third-order valence-corrected chi connectivity index (χ3v) is 3.62. The van der Waals surface area contributed by atoms with Crippen LogP contribution in [0.15, 0.2) is 30.3 Å². The Morgan fingerprint density at radius 2 is 1.80 bits per heavy atom. The third kappa shape index (κ3) is 3.02. The van der Waals surface area contributed by atoms with Gasteiger partial charge in [0.15, 0.2) is 5.78 Å². The second-order valence-corrected chi connectivity index (χ2v) is 5.41. The summed E-state index contributed by atoms with van der Waals surface area (Å²) in [6, 6.07) is 9.25. The molecule has 0 aliphatic carbocycles. The maximum atomic E-state index is 11.4. The first-order valence-electron chi connectivity index (χ1n) is 6.44. The largest absolute Gasteiger partial charge is 0.457 e. The van der Waals surface area contributed by atoms with Crippen LogP contribution in [0.1, 0.15) is 34.0 Å². The van der Waals surface area contributed by atoms with E-state index in [0.717, 1.165) is 16.9 Å². The van der Waals surface area contributed by atoms with Gasteiger partial charge < -0.3 is 4.74 Å². The van der Waals surface area contributed by atoms with Crippen molar-refractivity contribution in [1.29, 1.82) is 0 Å². The van der Waals surface area contributed by atoms with E-state index in [-0.39, 0.29) is 5.78 Å². The molecule has 0 amide bonds. The van der Waals surface area contributed by atoms with Gasteiger partial charge in [0.05, 0.1) is 5.02 Å². The Labute approximate surface area is 124 Å². The van der Waals surface area contributed by atoms with Gasteiger partial charge in [-0.05, 0) is 62.6 Å². The van der Waals surface area contributed by atoms with Crippen LogP contribution in [0.3, 0.4) is 0 Å². The van der Waals surface area contributed by atoms with Crippen molar-refractivity contribution in [3.8, 4) is 11.5 Å². The SMILES string of the molecule is CC(=O)c1ccc(Oc2cc(C)cc(C)c2C)cc1Cl. The fraction of sp³-hybridized carbons (Fsp3) is 0.235. The highest BCUT2D eigenvalue weighted by molar-refractivity contribution is 6.34. The summed E-state index contributed by atoms with van der Waals surface area (Å²) in [5, 5.41) is 0.414. The van der Waals surface area contributed by atoms with Gasteiger partial charge in [-0.15, -0.1) is 0 Å². The van der Waals surface area contributed by atoms with Crippen LogP contribution < -0.4 is 4.74 Å². The Morgan fingerprint density at radius 3 is 2.40 bits per heavy atom. The fourth-order valence-electron chi connectivity index (χ4n) is 2.08. The standard InChI is InChI=1S/C17H17ClO2/c1-10-7-11(2)12(3)17(8-10)20-14-5-6-15(13(4)19)16(18)9-14/h5-9H,1-4H3. The van der Waals surface area contributed by atoms with Crippen molar-refractivity contribution >= 4 is 17.4 Å². The molecular formula is C17H17ClO2. The molecule has 0 radical (unpaired) electrons. The number of hydrogen-bond acceptors (Lipinski definition) is 2. The summed E-state index contributed by atoms with van der Waals surface area (Å²) in [5.74, 6) is 1.39. The smallest absolute Gasteiger partial charge is 0.161 e. The average molecular weight is 289 g/mol. The van der Waals surface area contributed by atoms with Crippen LogP contribution in [0.5, 0.6) is 11.5 Å². The number of rotatable bonds is 3. The molecule has 0 bridgehead atoms. The predicted octanol–water partition coefficient (Wildman–Crippen LogP) is 5.26. The molecule has 20 heavy (non-hydrogen) atoms. The van der Waals surface area contributed by atoms with Crippen LogP contribution in [-0.4, -0.2) is 5.78 Å². The lowest BCUT2D eigenvalue weighted by Gasteiger charge is -2.13. The number of Topliss-reactive ketones (excluding diaryl/α,β-unsaturated/α-hetero) is 1. The molecule has 0 saturated carbocycles. The van der Waals surface area contributed by atoms with Gasteiger partial charge in [0.1, 0.15) is 11.5 Å². The zero-order valence-corrected chi connectivity index (χ0v) is 12.8. The van der Waals surface area contributed by atoms with E-state index in [9.17, 15) is 4.79 Å². The van der Waals surface area contributed by atoms with Gasteiger partial charge >= 0.3 is 0 Å². The first-order valence-corrected chi connectivity index (χ1v) is 6.82. The molecule has 2 aromatic carbocycles. The van der Waals surface area contributed by atoms with Crippen molar-refractivity contribution in [3.63, 3.8) is 0 Å². The Morgan fingerprint density at radius 1 is 1.10 bits per heavy atom. The summed E-state index contributed by atoms with van der Waals surface area (Å²) in [4.78, 5) is 11.4. The third-order valence-electron chi connectivity index (χ3n) is 3.31. The molecule has 2 aromatic rings. The van der Waals surface area contributed by atoms with E-state index in [0.29, 0.717) is 16.3 Å². The molecule has 0 spiro atoms. The minimum Gasteiger partial charge on any atom is -0.457 e. The lowest BCUT2D eigenvalue weighted by molar-refractivity contribution is 0.101. The van der Waals surface area contributed by atoms with E-state index in [2.05, 4.69) is 13.0 Å². The number of carbonyl (C=O) groups excluding carboxylic acids is 1. The lowest BCUT2D eigenvalue weighted by atomic mass is 10.1. The van der Waals surface area contributed by atoms with Gasteiger partial charge in [0.2, 0.25) is 0 Å². The van der Waals surface area contributed by atoms with Crippen LogP contribution in [0.4, 0.5) is 0 Å². The number of ketones is 1. The van der Waals surface area contributed by atoms with Gasteiger partial charge in [-0.3, -0.25) is 4.79 Å². The second-order valence-electron chi connectivity index (χ2n) is 5.00. The molecule has 0 fully saturated rings. The molecule has 0 atom stereocenters. The van der Waals surface area contributed by atoms with Crippen molar-refractivity contribution in [2.45, 2.75) is 27.7 Å². The zero-order chi connectivity index (χ0) is 14.9. The molecule has 2 nitrogen and oxygen atoms in total. The number of aryl methyl sites for hydroxylation is 2. The minimum absolute atomic E-state index is 0.0517. The van der Waals surface area contributed by atoms with E-state index in [1.165, 1.54) is 12.5 Å². The van der Waals surface area contributed by atoms with Crippen LogP contribution in [0.25, 0.3) is 0 Å². The monoisotopic (exact) mass is 288 g/mol. The molecule has 2 rings (SSSR count). The number of halogens is 1. The molecule has 0 saturated heterocycles. The highest BCUT2D eigenvalue weighted by atomic mass is 35.5. The lowest BCUT2D eigenvalue weighted by Crippen LogP contribution is -1.95. The van der Waals surface area contributed by atoms with Crippen molar-refractivity contribution in [1.82, 2.24) is 0 Å². The fourth-order valence-corrected chi connectivity index (χ4v) is 2.38. The zero-order valence-electron chi connectivity index (χ0n) is 12.1. The van der Waals surface area contributed by atoms with E-state index in [4.69, 9.17) is 16.3 Å². The van der Waals surface area contributed by atoms with E-state index >= 15 is 0 Å². The normalized spacial score (nSPS) is 10.4. The van der Waals surface area contributed by atoms with Crippen LogP contribution in [-0.2, 0) is 0 Å². The molecule has 0 aliphatic heterocycles. The first-order chi connectivity index (χ1) is 9.38. The number of hydrogen-bond donors (Lipinski definition) is 0. The molecular weight excluding hydrogens is 272 g/mol. The summed E-state index contributed by atoms with van der Waals surface area (Å²) in [7, 11) is 0. The number of ether oxygens (including phenoxy) is 1. The quantitative estimate of drug-likeness (QED) is 0.720. The maximum absolute atomic E-state index is 11.4. The van der Waals surface area contributed by atoms with Crippen molar-refractivity contribution in [3.05, 3.63) is 57.6 Å². The van der Waals surface area contributed by atoms with Gasteiger partial charge in [-0.1, -0.05) is 17.7 Å². The highest BCUT2D eigenvalue weighted by Gasteiger charge is 2.09. The predicted molar refractivity (Wildman–Crippen MR) is 82.2 cm³/mol. The Bertz CT molecular complexity index is 675. The van der Waals surface area contributed by atoms with E-state index in [1.54, 1.807) is 18.2 Å². The highest BCUT2D eigenvalue weighted by Crippen LogP contribution is 2.31. The average Bonchev–Trinajstić information content (AvgIpc) is 2.35. The topological polar surface area (TPSA) is 26.3 Å². The van der Waals surface area contributed by atoms with Gasteiger partial charge in [0, 0.05) is 11.6 Å². The molecule has 0 aliphatic rings. The van der Waals surface area contributed by atoms with Crippen molar-refractivity contribution in [2.24, 2.45) is 0 Å². The number of benzene rings is 2. The second kappa shape index (κ2) is 5.68. The summed E-state index contributed by atoms with van der Waals surface area (Å²) >= 11 is 6.09.